The fraction of sp³-hybridized carbons (Fsp3) is 0.727. The summed E-state index contributed by atoms with van der Waals surface area (Å²) in [6.07, 6.45) is 11.4. The van der Waals surface area contributed by atoms with Crippen LogP contribution in [0.4, 0.5) is 5.69 Å². The lowest BCUT2D eigenvalue weighted by molar-refractivity contribution is 0.253. The molecule has 1 spiro atoms. The van der Waals surface area contributed by atoms with Gasteiger partial charge in [-0.2, -0.15) is 0 Å². The molecule has 25 heavy (non-hydrogen) atoms. The molecule has 0 atom stereocenters. The van der Waals surface area contributed by atoms with Gasteiger partial charge in [-0.1, -0.05) is 29.3 Å². The van der Waals surface area contributed by atoms with E-state index in [2.05, 4.69) is 50.9 Å². The van der Waals surface area contributed by atoms with Crippen LogP contribution in [0.25, 0.3) is 0 Å². The Morgan fingerprint density at radius 1 is 1.04 bits per heavy atom. The average molecular weight is 405 g/mol. The van der Waals surface area contributed by atoms with E-state index in [1.807, 2.05) is 0 Å². The molecule has 0 bridgehead atoms. The van der Waals surface area contributed by atoms with Crippen LogP contribution in [0.2, 0.25) is 0 Å². The molecule has 3 fully saturated rings. The molecule has 0 radical (unpaired) electrons. The smallest absolute Gasteiger partial charge is 0.0403 e. The van der Waals surface area contributed by atoms with Crippen LogP contribution >= 0.6 is 15.9 Å². The lowest BCUT2D eigenvalue weighted by Crippen LogP contribution is -2.47. The standard InChI is InChI=1S/C22H33BrN2/c1-2-3-12-24-13-15-25(16-14-24)21-5-4-19(23)17-20(21)18-6-8-22(9-7-18)10-11-22/h4-5,17-18H,2-3,6-16H2,1H3. The maximum Gasteiger partial charge on any atom is 0.0403 e. The molecule has 0 aromatic heterocycles. The Morgan fingerprint density at radius 2 is 1.76 bits per heavy atom. The lowest BCUT2D eigenvalue weighted by Gasteiger charge is -2.39. The monoisotopic (exact) mass is 404 g/mol. The normalized spacial score (nSPS) is 24.0. The third-order valence-electron chi connectivity index (χ3n) is 6.97. The molecule has 2 nitrogen and oxygen atoms in total. The average Bonchev–Trinajstić information content (AvgIpc) is 3.40. The highest BCUT2D eigenvalue weighted by Gasteiger charge is 2.45. The quantitative estimate of drug-likeness (QED) is 0.610. The van der Waals surface area contributed by atoms with Gasteiger partial charge < -0.3 is 4.90 Å². The first-order valence-electron chi connectivity index (χ1n) is 10.5. The molecular formula is C22H33BrN2. The van der Waals surface area contributed by atoms with Gasteiger partial charge in [-0.05, 0) is 86.6 Å². The summed E-state index contributed by atoms with van der Waals surface area (Å²) in [5.41, 5.74) is 3.93. The topological polar surface area (TPSA) is 6.48 Å². The first-order valence-corrected chi connectivity index (χ1v) is 11.3. The first-order chi connectivity index (χ1) is 12.2. The van der Waals surface area contributed by atoms with Gasteiger partial charge in [-0.15, -0.1) is 0 Å². The summed E-state index contributed by atoms with van der Waals surface area (Å²) in [7, 11) is 0. The number of hydrogen-bond donors (Lipinski definition) is 0. The van der Waals surface area contributed by atoms with Crippen LogP contribution < -0.4 is 4.90 Å². The third-order valence-corrected chi connectivity index (χ3v) is 7.47. The molecule has 0 unspecified atom stereocenters. The predicted octanol–water partition coefficient (Wildman–Crippen LogP) is 5.81. The Morgan fingerprint density at radius 3 is 2.40 bits per heavy atom. The molecule has 2 saturated carbocycles. The zero-order valence-electron chi connectivity index (χ0n) is 15.8. The Hall–Kier alpha value is -0.540. The van der Waals surface area contributed by atoms with Crippen LogP contribution in [0.15, 0.2) is 22.7 Å². The fourth-order valence-electron chi connectivity index (χ4n) is 4.95. The van der Waals surface area contributed by atoms with Gasteiger partial charge in [-0.25, -0.2) is 0 Å². The third kappa shape index (κ3) is 4.08. The van der Waals surface area contributed by atoms with Crippen LogP contribution in [-0.4, -0.2) is 37.6 Å². The minimum absolute atomic E-state index is 0.775. The highest BCUT2D eigenvalue weighted by atomic mass is 79.9. The van der Waals surface area contributed by atoms with Crippen molar-refractivity contribution in [2.45, 2.75) is 64.2 Å². The van der Waals surface area contributed by atoms with Gasteiger partial charge in [0.1, 0.15) is 0 Å². The summed E-state index contributed by atoms with van der Waals surface area (Å²) in [6.45, 7) is 8.40. The molecule has 3 heteroatoms. The van der Waals surface area contributed by atoms with Gasteiger partial charge in [0.2, 0.25) is 0 Å². The van der Waals surface area contributed by atoms with Crippen molar-refractivity contribution in [1.82, 2.24) is 4.90 Å². The van der Waals surface area contributed by atoms with E-state index < -0.39 is 0 Å². The minimum atomic E-state index is 0.775. The Kier molecular flexibility index (Phi) is 5.43. The Bertz CT molecular complexity index is 578. The molecule has 1 aromatic rings. The second kappa shape index (κ2) is 7.60. The number of hydrogen-bond acceptors (Lipinski definition) is 2. The molecule has 2 aliphatic carbocycles. The van der Waals surface area contributed by atoms with E-state index in [9.17, 15) is 0 Å². The summed E-state index contributed by atoms with van der Waals surface area (Å²) in [5, 5.41) is 0. The summed E-state index contributed by atoms with van der Waals surface area (Å²) in [6, 6.07) is 7.05. The number of unbranched alkanes of at least 4 members (excludes halogenated alkanes) is 1. The van der Waals surface area contributed by atoms with E-state index in [0.29, 0.717) is 0 Å². The lowest BCUT2D eigenvalue weighted by atomic mass is 9.76. The summed E-state index contributed by atoms with van der Waals surface area (Å²) in [5.74, 6) is 0.775. The van der Waals surface area contributed by atoms with Crippen molar-refractivity contribution in [3.63, 3.8) is 0 Å². The van der Waals surface area contributed by atoms with Crippen LogP contribution in [0.5, 0.6) is 0 Å². The van der Waals surface area contributed by atoms with E-state index in [4.69, 9.17) is 0 Å². The molecule has 3 aliphatic rings. The Balaban J connectivity index is 1.45. The molecule has 138 valence electrons. The molecule has 1 saturated heterocycles. The summed E-state index contributed by atoms with van der Waals surface area (Å²) in [4.78, 5) is 5.31. The van der Waals surface area contributed by atoms with Crippen molar-refractivity contribution in [2.24, 2.45) is 5.41 Å². The maximum absolute atomic E-state index is 3.73. The van der Waals surface area contributed by atoms with Crippen molar-refractivity contribution in [3.05, 3.63) is 28.2 Å². The maximum atomic E-state index is 3.73. The van der Waals surface area contributed by atoms with E-state index >= 15 is 0 Å². The van der Waals surface area contributed by atoms with Gasteiger partial charge in [0.05, 0.1) is 0 Å². The van der Waals surface area contributed by atoms with Gasteiger partial charge in [0.15, 0.2) is 0 Å². The molecule has 1 aliphatic heterocycles. The molecule has 1 aromatic carbocycles. The summed E-state index contributed by atoms with van der Waals surface area (Å²) < 4.78 is 1.25. The van der Waals surface area contributed by atoms with Crippen LogP contribution in [-0.2, 0) is 0 Å². The molecule has 1 heterocycles. The van der Waals surface area contributed by atoms with Gasteiger partial charge in [0.25, 0.3) is 0 Å². The minimum Gasteiger partial charge on any atom is -0.369 e. The van der Waals surface area contributed by atoms with E-state index in [1.165, 1.54) is 94.3 Å². The van der Waals surface area contributed by atoms with E-state index in [-0.39, 0.29) is 0 Å². The van der Waals surface area contributed by atoms with E-state index in [1.54, 1.807) is 5.56 Å². The number of halogens is 1. The van der Waals surface area contributed by atoms with Gasteiger partial charge >= 0.3 is 0 Å². The number of piperazine rings is 1. The number of rotatable bonds is 5. The second-order valence-electron chi connectivity index (χ2n) is 8.66. The largest absolute Gasteiger partial charge is 0.369 e. The zero-order valence-corrected chi connectivity index (χ0v) is 17.4. The molecule has 4 rings (SSSR count). The SMILES string of the molecule is CCCCN1CCN(c2ccc(Br)cc2C2CCC3(CC2)CC3)CC1. The molecular weight excluding hydrogens is 372 g/mol. The van der Waals surface area contributed by atoms with Gasteiger partial charge in [0, 0.05) is 36.3 Å². The van der Waals surface area contributed by atoms with Crippen LogP contribution in [0.1, 0.15) is 69.8 Å². The van der Waals surface area contributed by atoms with Gasteiger partial charge in [-0.3, -0.25) is 4.90 Å². The van der Waals surface area contributed by atoms with E-state index in [0.717, 1.165) is 11.3 Å². The predicted molar refractivity (Wildman–Crippen MR) is 111 cm³/mol. The number of benzene rings is 1. The Labute approximate surface area is 162 Å². The second-order valence-corrected chi connectivity index (χ2v) is 9.58. The van der Waals surface area contributed by atoms with Crippen molar-refractivity contribution >= 4 is 21.6 Å². The van der Waals surface area contributed by atoms with Crippen molar-refractivity contribution in [1.29, 1.82) is 0 Å². The highest BCUT2D eigenvalue weighted by Crippen LogP contribution is 2.59. The first kappa shape index (κ1) is 17.9. The fourth-order valence-corrected chi connectivity index (χ4v) is 5.33. The van der Waals surface area contributed by atoms with Crippen molar-refractivity contribution in [2.75, 3.05) is 37.6 Å². The van der Waals surface area contributed by atoms with Crippen molar-refractivity contribution in [3.8, 4) is 0 Å². The van der Waals surface area contributed by atoms with Crippen molar-refractivity contribution < 1.29 is 0 Å². The zero-order chi connectivity index (χ0) is 17.3. The molecule has 0 amide bonds. The highest BCUT2D eigenvalue weighted by molar-refractivity contribution is 9.10. The number of nitrogens with zero attached hydrogens (tertiary/aromatic N) is 2. The van der Waals surface area contributed by atoms with Crippen LogP contribution in [0, 0.1) is 5.41 Å². The summed E-state index contributed by atoms with van der Waals surface area (Å²) >= 11 is 3.73. The number of anilines is 1. The molecule has 0 N–H and O–H groups in total. The van der Waals surface area contributed by atoms with Crippen LogP contribution in [0.3, 0.4) is 0 Å².